The van der Waals surface area contributed by atoms with Crippen molar-refractivity contribution in [2.75, 3.05) is 7.05 Å². The Hall–Kier alpha value is -2.99. The summed E-state index contributed by atoms with van der Waals surface area (Å²) in [5.74, 6) is 0.652. The van der Waals surface area contributed by atoms with Gasteiger partial charge in [-0.2, -0.15) is 0 Å². The minimum atomic E-state index is -0.622. The lowest BCUT2D eigenvalue weighted by Crippen LogP contribution is -2.26. The molecule has 140 valence electrons. The molecule has 1 aromatic carbocycles. The standard InChI is InChI=1S/C21H23N3O3/c1-13-18(15(3)27-23-13)12-24(4)21(26)17-10-8-16(9-11-17)20-7-5-6-19(22-20)14(2)25/h5-11,14,25H,12H2,1-4H3/t14-/m0/s1. The van der Waals surface area contributed by atoms with Gasteiger partial charge in [0.2, 0.25) is 0 Å². The summed E-state index contributed by atoms with van der Waals surface area (Å²) in [6.07, 6.45) is -0.622. The lowest BCUT2D eigenvalue weighted by atomic mass is 10.1. The first-order chi connectivity index (χ1) is 12.9. The Morgan fingerprint density at radius 2 is 1.89 bits per heavy atom. The van der Waals surface area contributed by atoms with Crippen molar-refractivity contribution in [3.05, 3.63) is 70.7 Å². The lowest BCUT2D eigenvalue weighted by Gasteiger charge is -2.17. The van der Waals surface area contributed by atoms with Crippen LogP contribution in [0.4, 0.5) is 0 Å². The number of amides is 1. The maximum Gasteiger partial charge on any atom is 0.253 e. The highest BCUT2D eigenvalue weighted by Gasteiger charge is 2.17. The van der Waals surface area contributed by atoms with Crippen LogP contribution in [-0.2, 0) is 6.54 Å². The van der Waals surface area contributed by atoms with Crippen molar-refractivity contribution < 1.29 is 14.4 Å². The molecule has 1 N–H and O–H groups in total. The summed E-state index contributed by atoms with van der Waals surface area (Å²) in [5.41, 5.74) is 4.60. The minimum absolute atomic E-state index is 0.0766. The van der Waals surface area contributed by atoms with Gasteiger partial charge in [-0.25, -0.2) is 0 Å². The number of aryl methyl sites for hydroxylation is 2. The molecule has 0 aliphatic rings. The van der Waals surface area contributed by atoms with Crippen LogP contribution in [0.1, 0.15) is 46.1 Å². The van der Waals surface area contributed by atoms with E-state index in [1.54, 1.807) is 37.1 Å². The van der Waals surface area contributed by atoms with Crippen LogP contribution in [0.15, 0.2) is 47.0 Å². The summed E-state index contributed by atoms with van der Waals surface area (Å²) < 4.78 is 5.16. The number of rotatable bonds is 5. The molecule has 0 saturated carbocycles. The first kappa shape index (κ1) is 18.8. The highest BCUT2D eigenvalue weighted by Crippen LogP contribution is 2.21. The van der Waals surface area contributed by atoms with E-state index >= 15 is 0 Å². The molecule has 3 rings (SSSR count). The predicted octanol–water partition coefficient (Wildman–Crippen LogP) is 3.68. The highest BCUT2D eigenvalue weighted by molar-refractivity contribution is 5.94. The van der Waals surface area contributed by atoms with E-state index in [1.807, 2.05) is 38.1 Å². The van der Waals surface area contributed by atoms with Gasteiger partial charge in [0.1, 0.15) is 5.76 Å². The Kier molecular flexibility index (Phi) is 5.37. The Morgan fingerprint density at radius 1 is 1.19 bits per heavy atom. The number of hydrogen-bond donors (Lipinski definition) is 1. The summed E-state index contributed by atoms with van der Waals surface area (Å²) in [6, 6.07) is 12.8. The number of carbonyl (C=O) groups is 1. The number of aliphatic hydroxyl groups excluding tert-OH is 1. The van der Waals surface area contributed by atoms with E-state index in [-0.39, 0.29) is 5.91 Å². The van der Waals surface area contributed by atoms with Crippen molar-refractivity contribution in [1.82, 2.24) is 15.0 Å². The van der Waals surface area contributed by atoms with E-state index in [0.717, 1.165) is 28.3 Å². The van der Waals surface area contributed by atoms with Gasteiger partial charge in [-0.3, -0.25) is 9.78 Å². The third-order valence-electron chi connectivity index (χ3n) is 4.55. The molecule has 0 spiro atoms. The Labute approximate surface area is 158 Å². The first-order valence-corrected chi connectivity index (χ1v) is 8.79. The van der Waals surface area contributed by atoms with Gasteiger partial charge in [0.15, 0.2) is 0 Å². The molecule has 0 aliphatic heterocycles. The summed E-state index contributed by atoms with van der Waals surface area (Å²) in [7, 11) is 1.76. The van der Waals surface area contributed by atoms with Crippen molar-refractivity contribution in [1.29, 1.82) is 0 Å². The second-order valence-corrected chi connectivity index (χ2v) is 6.66. The Morgan fingerprint density at radius 3 is 2.48 bits per heavy atom. The van der Waals surface area contributed by atoms with Crippen LogP contribution in [0.2, 0.25) is 0 Å². The number of benzene rings is 1. The number of pyridine rings is 1. The number of aromatic nitrogens is 2. The molecular weight excluding hydrogens is 342 g/mol. The van der Waals surface area contributed by atoms with E-state index in [2.05, 4.69) is 10.1 Å². The van der Waals surface area contributed by atoms with Gasteiger partial charge >= 0.3 is 0 Å². The molecule has 6 nitrogen and oxygen atoms in total. The monoisotopic (exact) mass is 365 g/mol. The van der Waals surface area contributed by atoms with Gasteiger partial charge in [-0.1, -0.05) is 23.4 Å². The number of aliphatic hydroxyl groups is 1. The largest absolute Gasteiger partial charge is 0.387 e. The van der Waals surface area contributed by atoms with Crippen LogP contribution in [0.25, 0.3) is 11.3 Å². The van der Waals surface area contributed by atoms with Crippen LogP contribution in [-0.4, -0.2) is 33.1 Å². The van der Waals surface area contributed by atoms with Crippen LogP contribution < -0.4 is 0 Å². The smallest absolute Gasteiger partial charge is 0.253 e. The fourth-order valence-corrected chi connectivity index (χ4v) is 2.89. The molecule has 6 heteroatoms. The molecule has 2 heterocycles. The lowest BCUT2D eigenvalue weighted by molar-refractivity contribution is 0.0784. The molecule has 1 atom stereocenters. The molecule has 3 aromatic rings. The third-order valence-corrected chi connectivity index (χ3v) is 4.55. The molecule has 27 heavy (non-hydrogen) atoms. The van der Waals surface area contributed by atoms with Crippen molar-refractivity contribution >= 4 is 5.91 Å². The SMILES string of the molecule is Cc1noc(C)c1CN(C)C(=O)c1ccc(-c2cccc([C@H](C)O)n2)cc1. The molecule has 1 amide bonds. The average molecular weight is 365 g/mol. The minimum Gasteiger partial charge on any atom is -0.387 e. The summed E-state index contributed by atoms with van der Waals surface area (Å²) in [4.78, 5) is 18.8. The van der Waals surface area contributed by atoms with E-state index in [9.17, 15) is 9.90 Å². The zero-order chi connectivity index (χ0) is 19.6. The third kappa shape index (κ3) is 4.06. The van der Waals surface area contributed by atoms with E-state index in [4.69, 9.17) is 4.52 Å². The Bertz CT molecular complexity index is 926. The average Bonchev–Trinajstić information content (AvgIpc) is 2.99. The zero-order valence-corrected chi connectivity index (χ0v) is 15.9. The molecule has 0 bridgehead atoms. The van der Waals surface area contributed by atoms with Crippen LogP contribution in [0.5, 0.6) is 0 Å². The topological polar surface area (TPSA) is 79.5 Å². The van der Waals surface area contributed by atoms with E-state index in [1.165, 1.54) is 0 Å². The fraction of sp³-hybridized carbons (Fsp3) is 0.286. The fourth-order valence-electron chi connectivity index (χ4n) is 2.89. The predicted molar refractivity (Wildman–Crippen MR) is 102 cm³/mol. The second-order valence-electron chi connectivity index (χ2n) is 6.66. The van der Waals surface area contributed by atoms with Crippen LogP contribution >= 0.6 is 0 Å². The highest BCUT2D eigenvalue weighted by atomic mass is 16.5. The van der Waals surface area contributed by atoms with Gasteiger partial charge < -0.3 is 14.5 Å². The normalized spacial score (nSPS) is 12.0. The summed E-state index contributed by atoms with van der Waals surface area (Å²) >= 11 is 0. The van der Waals surface area contributed by atoms with Gasteiger partial charge in [-0.15, -0.1) is 0 Å². The van der Waals surface area contributed by atoms with Crippen molar-refractivity contribution in [2.24, 2.45) is 0 Å². The Balaban J connectivity index is 1.76. The first-order valence-electron chi connectivity index (χ1n) is 8.79. The van der Waals surface area contributed by atoms with Crippen molar-refractivity contribution in [3.8, 4) is 11.3 Å². The summed E-state index contributed by atoms with van der Waals surface area (Å²) in [6.45, 7) is 5.84. The maximum atomic E-state index is 12.7. The zero-order valence-electron chi connectivity index (χ0n) is 15.9. The molecule has 0 fully saturated rings. The van der Waals surface area contributed by atoms with E-state index in [0.29, 0.717) is 17.8 Å². The van der Waals surface area contributed by atoms with Gasteiger partial charge in [0.25, 0.3) is 5.91 Å². The molecule has 2 aromatic heterocycles. The van der Waals surface area contributed by atoms with Gasteiger partial charge in [-0.05, 0) is 45.0 Å². The van der Waals surface area contributed by atoms with Gasteiger partial charge in [0, 0.05) is 23.7 Å². The molecule has 0 radical (unpaired) electrons. The number of carbonyl (C=O) groups excluding carboxylic acids is 1. The van der Waals surface area contributed by atoms with Crippen LogP contribution in [0.3, 0.4) is 0 Å². The maximum absolute atomic E-state index is 12.7. The molecule has 0 unspecified atom stereocenters. The molecule has 0 aliphatic carbocycles. The number of hydrogen-bond acceptors (Lipinski definition) is 5. The van der Waals surface area contributed by atoms with Crippen molar-refractivity contribution in [2.45, 2.75) is 33.4 Å². The van der Waals surface area contributed by atoms with Crippen molar-refractivity contribution in [3.63, 3.8) is 0 Å². The van der Waals surface area contributed by atoms with Crippen LogP contribution in [0, 0.1) is 13.8 Å². The molecular formula is C21H23N3O3. The summed E-state index contributed by atoms with van der Waals surface area (Å²) in [5, 5.41) is 13.6. The van der Waals surface area contributed by atoms with E-state index < -0.39 is 6.10 Å². The molecule has 0 saturated heterocycles. The van der Waals surface area contributed by atoms with Gasteiger partial charge in [0.05, 0.1) is 29.7 Å². The quantitative estimate of drug-likeness (QED) is 0.746. The second kappa shape index (κ2) is 7.72. The number of nitrogens with zero attached hydrogens (tertiary/aromatic N) is 3.